The highest BCUT2D eigenvalue weighted by molar-refractivity contribution is 5.80. The van der Waals surface area contributed by atoms with E-state index < -0.39 is 0 Å². The quantitative estimate of drug-likeness (QED) is 0.634. The summed E-state index contributed by atoms with van der Waals surface area (Å²) in [5.41, 5.74) is 3.16. The van der Waals surface area contributed by atoms with E-state index in [1.54, 1.807) is 0 Å². The van der Waals surface area contributed by atoms with E-state index in [0.717, 1.165) is 51.6 Å². The van der Waals surface area contributed by atoms with Crippen LogP contribution in [-0.2, 0) is 10.2 Å². The van der Waals surface area contributed by atoms with Gasteiger partial charge < -0.3 is 15.0 Å². The Morgan fingerprint density at radius 2 is 1.96 bits per heavy atom. The number of likely N-dealkylation sites (tertiary alicyclic amines) is 1. The fourth-order valence-electron chi connectivity index (χ4n) is 3.95. The first-order chi connectivity index (χ1) is 12.2. The lowest BCUT2D eigenvalue weighted by Gasteiger charge is -2.34. The van der Waals surface area contributed by atoms with E-state index in [4.69, 9.17) is 9.73 Å². The molecule has 1 saturated carbocycles. The lowest BCUT2D eigenvalue weighted by Crippen LogP contribution is -2.47. The Morgan fingerprint density at radius 1 is 1.24 bits per heavy atom. The van der Waals surface area contributed by atoms with Crippen molar-refractivity contribution in [1.82, 2.24) is 10.2 Å². The molecular weight excluding hydrogens is 310 g/mol. The number of aryl methyl sites for hydroxylation is 1. The van der Waals surface area contributed by atoms with Crippen molar-refractivity contribution < 1.29 is 4.74 Å². The fourth-order valence-corrected chi connectivity index (χ4v) is 3.95. The molecule has 4 heteroatoms. The van der Waals surface area contributed by atoms with Crippen molar-refractivity contribution in [3.63, 3.8) is 0 Å². The van der Waals surface area contributed by atoms with Crippen LogP contribution in [0, 0.1) is 6.92 Å². The van der Waals surface area contributed by atoms with E-state index in [1.165, 1.54) is 24.0 Å². The highest BCUT2D eigenvalue weighted by Gasteiger charge is 2.45. The van der Waals surface area contributed by atoms with Crippen molar-refractivity contribution in [2.24, 2.45) is 4.99 Å². The number of nitrogens with one attached hydrogen (secondary N) is 1. The molecule has 2 aliphatic rings. The summed E-state index contributed by atoms with van der Waals surface area (Å²) >= 11 is 0. The van der Waals surface area contributed by atoms with Gasteiger partial charge in [0.15, 0.2) is 5.96 Å². The first-order valence-electron chi connectivity index (χ1n) is 9.89. The maximum Gasteiger partial charge on any atom is 0.193 e. The second-order valence-corrected chi connectivity index (χ2v) is 7.41. The molecule has 1 aliphatic heterocycles. The predicted molar refractivity (Wildman–Crippen MR) is 104 cm³/mol. The van der Waals surface area contributed by atoms with Gasteiger partial charge in [0, 0.05) is 31.7 Å². The summed E-state index contributed by atoms with van der Waals surface area (Å²) in [6.45, 7) is 11.2. The van der Waals surface area contributed by atoms with E-state index in [0.29, 0.717) is 6.10 Å². The number of benzene rings is 1. The van der Waals surface area contributed by atoms with Crippen LogP contribution in [-0.4, -0.2) is 49.7 Å². The minimum absolute atomic E-state index is 0.273. The van der Waals surface area contributed by atoms with E-state index in [2.05, 4.69) is 55.3 Å². The van der Waals surface area contributed by atoms with Gasteiger partial charge in [-0.15, -0.1) is 0 Å². The van der Waals surface area contributed by atoms with Gasteiger partial charge >= 0.3 is 0 Å². The van der Waals surface area contributed by atoms with Crippen LogP contribution in [0.15, 0.2) is 29.3 Å². The Kier molecular flexibility index (Phi) is 6.00. The van der Waals surface area contributed by atoms with Gasteiger partial charge in [0.25, 0.3) is 0 Å². The van der Waals surface area contributed by atoms with Crippen molar-refractivity contribution in [2.45, 2.75) is 58.0 Å². The molecular formula is C21H33N3O. The second-order valence-electron chi connectivity index (χ2n) is 7.41. The molecule has 0 unspecified atom stereocenters. The predicted octanol–water partition coefficient (Wildman–Crippen LogP) is 3.49. The lowest BCUT2D eigenvalue weighted by molar-refractivity contribution is 0.0263. The molecule has 1 saturated heterocycles. The standard InChI is InChI=1S/C21H33N3O/c1-4-22-20(24-14-10-18(11-15-24)25-5-2)23-16-21(12-13-21)19-9-7-6-8-17(19)3/h6-9,18H,4-5,10-16H2,1-3H3,(H,22,23). The van der Waals surface area contributed by atoms with Gasteiger partial charge in [0.2, 0.25) is 0 Å². The monoisotopic (exact) mass is 343 g/mol. The van der Waals surface area contributed by atoms with Crippen LogP contribution >= 0.6 is 0 Å². The summed E-state index contributed by atoms with van der Waals surface area (Å²) < 4.78 is 5.78. The maximum absolute atomic E-state index is 5.78. The molecule has 25 heavy (non-hydrogen) atoms. The molecule has 0 amide bonds. The first kappa shape index (κ1) is 18.2. The molecule has 3 rings (SSSR count). The van der Waals surface area contributed by atoms with Crippen LogP contribution in [0.1, 0.15) is 50.7 Å². The zero-order chi connectivity index (χ0) is 17.7. The van der Waals surface area contributed by atoms with Gasteiger partial charge in [0.1, 0.15) is 0 Å². The number of ether oxygens (including phenoxy) is 1. The highest BCUT2D eigenvalue weighted by Crippen LogP contribution is 2.49. The molecule has 1 aliphatic carbocycles. The normalized spacial score (nSPS) is 20.6. The third-order valence-corrected chi connectivity index (χ3v) is 5.58. The molecule has 0 radical (unpaired) electrons. The summed E-state index contributed by atoms with van der Waals surface area (Å²) in [7, 11) is 0. The molecule has 0 bridgehead atoms. The van der Waals surface area contributed by atoms with Gasteiger partial charge in [-0.25, -0.2) is 0 Å². The first-order valence-corrected chi connectivity index (χ1v) is 9.89. The van der Waals surface area contributed by atoms with Gasteiger partial charge in [-0.1, -0.05) is 24.3 Å². The van der Waals surface area contributed by atoms with Crippen molar-refractivity contribution >= 4 is 5.96 Å². The molecule has 2 fully saturated rings. The molecule has 1 aromatic carbocycles. The van der Waals surface area contributed by atoms with Crippen LogP contribution in [0.3, 0.4) is 0 Å². The Labute approximate surface area is 152 Å². The minimum Gasteiger partial charge on any atom is -0.378 e. The summed E-state index contributed by atoms with van der Waals surface area (Å²) in [6, 6.07) is 8.81. The van der Waals surface area contributed by atoms with Crippen molar-refractivity contribution in [1.29, 1.82) is 0 Å². The number of hydrogen-bond acceptors (Lipinski definition) is 2. The Balaban J connectivity index is 1.66. The van der Waals surface area contributed by atoms with Crippen molar-refractivity contribution in [2.75, 3.05) is 32.8 Å². The van der Waals surface area contributed by atoms with Crippen molar-refractivity contribution in [3.8, 4) is 0 Å². The molecule has 4 nitrogen and oxygen atoms in total. The third-order valence-electron chi connectivity index (χ3n) is 5.58. The van der Waals surface area contributed by atoms with Crippen LogP contribution in [0.5, 0.6) is 0 Å². The van der Waals surface area contributed by atoms with Crippen LogP contribution < -0.4 is 5.32 Å². The Bertz CT molecular complexity index is 587. The number of hydrogen-bond donors (Lipinski definition) is 1. The molecule has 1 aromatic rings. The van der Waals surface area contributed by atoms with Gasteiger partial charge in [-0.2, -0.15) is 0 Å². The topological polar surface area (TPSA) is 36.9 Å². The number of aliphatic imine (C=N–C) groups is 1. The zero-order valence-electron chi connectivity index (χ0n) is 16.1. The minimum atomic E-state index is 0.273. The largest absolute Gasteiger partial charge is 0.378 e. The highest BCUT2D eigenvalue weighted by atomic mass is 16.5. The molecule has 0 aromatic heterocycles. The summed E-state index contributed by atoms with van der Waals surface area (Å²) in [5.74, 6) is 1.08. The van der Waals surface area contributed by atoms with Crippen LogP contribution in [0.25, 0.3) is 0 Å². The number of guanidine groups is 1. The fraction of sp³-hybridized carbons (Fsp3) is 0.667. The third kappa shape index (κ3) is 4.35. The molecule has 1 heterocycles. The molecule has 138 valence electrons. The average Bonchev–Trinajstić information content (AvgIpc) is 3.41. The van der Waals surface area contributed by atoms with E-state index in [9.17, 15) is 0 Å². The number of piperidine rings is 1. The lowest BCUT2D eigenvalue weighted by atomic mass is 9.92. The smallest absolute Gasteiger partial charge is 0.193 e. The number of nitrogens with zero attached hydrogens (tertiary/aromatic N) is 2. The van der Waals surface area contributed by atoms with E-state index >= 15 is 0 Å². The zero-order valence-corrected chi connectivity index (χ0v) is 16.1. The summed E-state index contributed by atoms with van der Waals surface area (Å²) in [4.78, 5) is 7.46. The second kappa shape index (κ2) is 8.22. The van der Waals surface area contributed by atoms with Crippen LogP contribution in [0.2, 0.25) is 0 Å². The summed E-state index contributed by atoms with van der Waals surface area (Å²) in [5, 5.41) is 3.50. The maximum atomic E-state index is 5.78. The SMILES string of the molecule is CCNC(=NCC1(c2ccccc2C)CC1)N1CCC(OCC)CC1. The van der Waals surface area contributed by atoms with Gasteiger partial charge in [-0.3, -0.25) is 4.99 Å². The molecule has 0 atom stereocenters. The molecule has 1 N–H and O–H groups in total. The van der Waals surface area contributed by atoms with E-state index in [-0.39, 0.29) is 5.41 Å². The van der Waals surface area contributed by atoms with Gasteiger partial charge in [-0.05, 0) is 57.6 Å². The summed E-state index contributed by atoms with van der Waals surface area (Å²) in [6.07, 6.45) is 5.13. The van der Waals surface area contributed by atoms with Gasteiger partial charge in [0.05, 0.1) is 12.6 Å². The van der Waals surface area contributed by atoms with Crippen LogP contribution in [0.4, 0.5) is 0 Å². The Morgan fingerprint density at radius 3 is 2.56 bits per heavy atom. The molecule has 0 spiro atoms. The Hall–Kier alpha value is -1.55. The number of rotatable bonds is 6. The average molecular weight is 344 g/mol. The van der Waals surface area contributed by atoms with Crippen molar-refractivity contribution in [3.05, 3.63) is 35.4 Å². The van der Waals surface area contributed by atoms with E-state index in [1.807, 2.05) is 0 Å².